The molecule has 9 heteroatoms. The summed E-state index contributed by atoms with van der Waals surface area (Å²) in [6, 6.07) is 3.81. The summed E-state index contributed by atoms with van der Waals surface area (Å²) in [5.41, 5.74) is 0.320. The van der Waals surface area contributed by atoms with Crippen LogP contribution in [-0.2, 0) is 4.79 Å². The molecular formula is C21H25ClFN3O4. The summed E-state index contributed by atoms with van der Waals surface area (Å²) in [5.74, 6) is -0.318. The lowest BCUT2D eigenvalue weighted by molar-refractivity contribution is -0.124. The fraction of sp³-hybridized carbons (Fsp3) is 0.476. The van der Waals surface area contributed by atoms with Gasteiger partial charge in [-0.2, -0.15) is 0 Å². The van der Waals surface area contributed by atoms with Crippen LogP contribution in [0.5, 0.6) is 5.75 Å². The first-order valence-corrected chi connectivity index (χ1v) is 10.3. The average molecular weight is 438 g/mol. The number of amides is 1. The summed E-state index contributed by atoms with van der Waals surface area (Å²) >= 11 is 5.74. The lowest BCUT2D eigenvalue weighted by atomic mass is 9.82. The van der Waals surface area contributed by atoms with E-state index in [1.54, 1.807) is 0 Å². The molecule has 162 valence electrons. The Kier molecular flexibility index (Phi) is 6.65. The Morgan fingerprint density at radius 3 is 2.53 bits per heavy atom. The molecular weight excluding hydrogens is 413 g/mol. The molecule has 1 N–H and O–H groups in total. The van der Waals surface area contributed by atoms with Gasteiger partial charge in [0.15, 0.2) is 5.75 Å². The minimum Gasteiger partial charge on any atom is -0.449 e. The highest BCUT2D eigenvalue weighted by Gasteiger charge is 2.34. The Morgan fingerprint density at radius 2 is 1.97 bits per heavy atom. The predicted octanol–water partition coefficient (Wildman–Crippen LogP) is 5.29. The van der Waals surface area contributed by atoms with E-state index in [1.807, 2.05) is 13.8 Å². The molecule has 1 aliphatic rings. The first kappa shape index (κ1) is 22.1. The van der Waals surface area contributed by atoms with E-state index < -0.39 is 12.0 Å². The second kappa shape index (κ2) is 9.04. The second-order valence-electron chi connectivity index (χ2n) is 7.99. The van der Waals surface area contributed by atoms with Crippen molar-refractivity contribution in [1.29, 1.82) is 0 Å². The zero-order chi connectivity index (χ0) is 22.0. The summed E-state index contributed by atoms with van der Waals surface area (Å²) < 4.78 is 20.1. The van der Waals surface area contributed by atoms with E-state index in [4.69, 9.17) is 21.4 Å². The van der Waals surface area contributed by atoms with Gasteiger partial charge in [-0.05, 0) is 57.6 Å². The fourth-order valence-corrected chi connectivity index (χ4v) is 3.87. The minimum atomic E-state index is -1.53. The Labute approximate surface area is 179 Å². The summed E-state index contributed by atoms with van der Waals surface area (Å²) in [4.78, 5) is 26.0. The third-order valence-electron chi connectivity index (χ3n) is 5.37. The lowest BCUT2D eigenvalue weighted by Gasteiger charge is -2.32. The lowest BCUT2D eigenvalue weighted by Crippen LogP contribution is -2.42. The number of carboxylic acid groups (broad SMARTS) is 1. The molecule has 30 heavy (non-hydrogen) atoms. The molecule has 1 heterocycles. The molecule has 0 atom stereocenters. The number of ether oxygens (including phenoxy) is 1. The highest BCUT2D eigenvalue weighted by atomic mass is 35.5. The Balaban J connectivity index is 2.01. The zero-order valence-corrected chi connectivity index (χ0v) is 17.9. The van der Waals surface area contributed by atoms with E-state index in [0.29, 0.717) is 11.6 Å². The van der Waals surface area contributed by atoms with Gasteiger partial charge in [-0.3, -0.25) is 9.69 Å². The molecule has 0 bridgehead atoms. The van der Waals surface area contributed by atoms with Crippen molar-refractivity contribution in [2.45, 2.75) is 52.5 Å². The Hall–Kier alpha value is -2.61. The number of carbonyl (C=O) groups is 2. The van der Waals surface area contributed by atoms with E-state index in [1.165, 1.54) is 34.0 Å². The molecule has 0 saturated heterocycles. The molecule has 1 aliphatic carbocycles. The molecule has 7 nitrogen and oxygen atoms in total. The highest BCUT2D eigenvalue weighted by molar-refractivity contribution is 6.30. The van der Waals surface area contributed by atoms with Gasteiger partial charge in [0.2, 0.25) is 11.7 Å². The number of hydrogen-bond donors (Lipinski definition) is 1. The number of anilines is 1. The van der Waals surface area contributed by atoms with Gasteiger partial charge in [-0.25, -0.2) is 13.9 Å². The number of carbonyl (C=O) groups excluding carboxylic acids is 1. The highest BCUT2D eigenvalue weighted by Crippen LogP contribution is 2.35. The number of rotatable bonds is 5. The van der Waals surface area contributed by atoms with E-state index in [-0.39, 0.29) is 34.5 Å². The van der Waals surface area contributed by atoms with Gasteiger partial charge in [0, 0.05) is 18.0 Å². The normalized spacial score (nSPS) is 19.0. The van der Waals surface area contributed by atoms with Gasteiger partial charge in [0.1, 0.15) is 5.82 Å². The van der Waals surface area contributed by atoms with Crippen LogP contribution in [0.4, 0.5) is 15.0 Å². The molecule has 1 aromatic carbocycles. The topological polar surface area (TPSA) is 84.7 Å². The van der Waals surface area contributed by atoms with Crippen LogP contribution < -0.4 is 9.64 Å². The summed E-state index contributed by atoms with van der Waals surface area (Å²) in [5, 5.41) is 13.5. The van der Waals surface area contributed by atoms with Gasteiger partial charge in [0.25, 0.3) is 0 Å². The first-order chi connectivity index (χ1) is 14.2. The van der Waals surface area contributed by atoms with Gasteiger partial charge in [0.05, 0.1) is 16.9 Å². The predicted molar refractivity (Wildman–Crippen MR) is 111 cm³/mol. The number of benzene rings is 1. The van der Waals surface area contributed by atoms with Gasteiger partial charge < -0.3 is 9.84 Å². The van der Waals surface area contributed by atoms with Crippen molar-refractivity contribution in [3.63, 3.8) is 0 Å². The van der Waals surface area contributed by atoms with E-state index >= 15 is 0 Å². The summed E-state index contributed by atoms with van der Waals surface area (Å²) in [6.07, 6.45) is 3.29. The van der Waals surface area contributed by atoms with Crippen LogP contribution in [0.3, 0.4) is 0 Å². The molecule has 1 amide bonds. The maximum atomic E-state index is 13.9. The molecule has 3 rings (SSSR count). The van der Waals surface area contributed by atoms with E-state index in [9.17, 15) is 14.0 Å². The molecule has 0 radical (unpaired) electrons. The molecule has 1 saturated carbocycles. The molecule has 1 fully saturated rings. The van der Waals surface area contributed by atoms with Crippen molar-refractivity contribution < 1.29 is 23.8 Å². The van der Waals surface area contributed by atoms with Crippen molar-refractivity contribution in [1.82, 2.24) is 9.78 Å². The third kappa shape index (κ3) is 4.75. The minimum absolute atomic E-state index is 0.0429. The van der Waals surface area contributed by atoms with Crippen molar-refractivity contribution in [2.24, 2.45) is 11.8 Å². The standard InChI is InChI=1S/C21H25ClFN3O4/c1-12(2)26(20(27)14-6-4-13(3)5-7-14)19-18(30-21(28)29)11-25(24-19)15-8-9-16(22)17(23)10-15/h8-14H,4-7H2,1-3H3,(H,28,29)/t13-,14-. The zero-order valence-electron chi connectivity index (χ0n) is 17.1. The maximum Gasteiger partial charge on any atom is 0.511 e. The second-order valence-corrected chi connectivity index (χ2v) is 8.39. The van der Waals surface area contributed by atoms with Crippen molar-refractivity contribution in [3.05, 3.63) is 35.2 Å². The van der Waals surface area contributed by atoms with Gasteiger partial charge >= 0.3 is 6.16 Å². The molecule has 2 aromatic rings. The van der Waals surface area contributed by atoms with Crippen LogP contribution in [0, 0.1) is 17.7 Å². The smallest absolute Gasteiger partial charge is 0.449 e. The Morgan fingerprint density at radius 1 is 1.30 bits per heavy atom. The molecule has 0 spiro atoms. The average Bonchev–Trinajstić information content (AvgIpc) is 3.07. The van der Waals surface area contributed by atoms with Crippen LogP contribution in [0.15, 0.2) is 24.4 Å². The van der Waals surface area contributed by atoms with Gasteiger partial charge in [-0.15, -0.1) is 5.10 Å². The fourth-order valence-electron chi connectivity index (χ4n) is 3.75. The summed E-state index contributed by atoms with van der Waals surface area (Å²) in [7, 11) is 0. The number of hydrogen-bond acceptors (Lipinski definition) is 4. The van der Waals surface area contributed by atoms with Crippen LogP contribution in [0.25, 0.3) is 5.69 Å². The quantitative estimate of drug-likeness (QED) is 0.642. The van der Waals surface area contributed by atoms with Crippen LogP contribution in [-0.4, -0.2) is 33.0 Å². The van der Waals surface area contributed by atoms with Crippen LogP contribution >= 0.6 is 11.6 Å². The summed E-state index contributed by atoms with van der Waals surface area (Å²) in [6.45, 7) is 5.83. The SMILES string of the molecule is CC(C)N(c1nn(-c2ccc(Cl)c(F)c2)cc1OC(=O)O)C(=O)[C@H]1CC[C@H](C)CC1. The number of aromatic nitrogens is 2. The van der Waals surface area contributed by atoms with Crippen LogP contribution in [0.2, 0.25) is 5.02 Å². The van der Waals surface area contributed by atoms with E-state index in [0.717, 1.165) is 25.7 Å². The first-order valence-electron chi connectivity index (χ1n) is 9.96. The monoisotopic (exact) mass is 437 g/mol. The number of nitrogens with zero attached hydrogens (tertiary/aromatic N) is 3. The Bertz CT molecular complexity index is 938. The number of halogens is 2. The third-order valence-corrected chi connectivity index (χ3v) is 5.68. The van der Waals surface area contributed by atoms with E-state index in [2.05, 4.69) is 12.0 Å². The molecule has 0 aliphatic heterocycles. The molecule has 1 aromatic heterocycles. The largest absolute Gasteiger partial charge is 0.511 e. The molecule has 0 unspecified atom stereocenters. The van der Waals surface area contributed by atoms with Crippen molar-refractivity contribution >= 4 is 29.5 Å². The van der Waals surface area contributed by atoms with Crippen molar-refractivity contribution in [2.75, 3.05) is 4.90 Å². The van der Waals surface area contributed by atoms with Crippen molar-refractivity contribution in [3.8, 4) is 11.4 Å². The maximum absolute atomic E-state index is 13.9. The van der Waals surface area contributed by atoms with Crippen LogP contribution in [0.1, 0.15) is 46.5 Å². The van der Waals surface area contributed by atoms with Gasteiger partial charge in [-0.1, -0.05) is 18.5 Å².